The van der Waals surface area contributed by atoms with E-state index in [4.69, 9.17) is 4.52 Å². The molecule has 1 aromatic heterocycles. The molecule has 0 saturated heterocycles. The number of likely N-dealkylation sites (N-methyl/N-ethyl adjacent to an activating group) is 1. The average molecular weight is 379 g/mol. The Morgan fingerprint density at radius 2 is 2.04 bits per heavy atom. The van der Waals surface area contributed by atoms with Gasteiger partial charge < -0.3 is 9.84 Å². The molecule has 7 nitrogen and oxygen atoms in total. The quantitative estimate of drug-likeness (QED) is 0.823. The Morgan fingerprint density at radius 3 is 2.62 bits per heavy atom. The van der Waals surface area contributed by atoms with Crippen molar-refractivity contribution in [3.05, 3.63) is 29.8 Å². The van der Waals surface area contributed by atoms with Crippen molar-refractivity contribution >= 4 is 22.4 Å². The van der Waals surface area contributed by atoms with Gasteiger partial charge in [-0.05, 0) is 32.2 Å². The molecule has 0 aliphatic rings. The third-order valence-corrected chi connectivity index (χ3v) is 5.21. The lowest BCUT2D eigenvalue weighted by Gasteiger charge is -2.11. The van der Waals surface area contributed by atoms with Crippen LogP contribution in [-0.2, 0) is 16.4 Å². The topological polar surface area (TPSA) is 88.3 Å². The van der Waals surface area contributed by atoms with Gasteiger partial charge in [0.1, 0.15) is 5.82 Å². The van der Waals surface area contributed by atoms with Crippen LogP contribution < -0.4 is 5.32 Å². The van der Waals surface area contributed by atoms with Crippen molar-refractivity contribution in [2.45, 2.75) is 24.3 Å². The van der Waals surface area contributed by atoms with Gasteiger partial charge in [-0.25, -0.2) is 17.1 Å². The maximum Gasteiger partial charge on any atom is 0.260 e. The van der Waals surface area contributed by atoms with Gasteiger partial charge in [0.15, 0.2) is 5.82 Å². The standard InChI is InChI=1S/C14H19FN4O3S.ClH/c1-9(16-2)7-13-17-14(22-18-13)11-8-10(5-6-12(11)15)23(20,21)19(3)4;/h5-6,8-9,16H,7H2,1-4H3;1H. The summed E-state index contributed by atoms with van der Waals surface area (Å²) in [5.41, 5.74) is -0.0382. The van der Waals surface area contributed by atoms with Crippen LogP contribution in [0.25, 0.3) is 11.5 Å². The molecule has 134 valence electrons. The zero-order valence-corrected chi connectivity index (χ0v) is 15.4. The van der Waals surface area contributed by atoms with Crippen molar-refractivity contribution in [3.8, 4) is 11.5 Å². The summed E-state index contributed by atoms with van der Waals surface area (Å²) in [6.07, 6.45) is 0.511. The first-order valence-electron chi connectivity index (χ1n) is 6.98. The highest BCUT2D eigenvalue weighted by atomic mass is 35.5. The van der Waals surface area contributed by atoms with Gasteiger partial charge in [-0.1, -0.05) is 5.16 Å². The smallest absolute Gasteiger partial charge is 0.260 e. The van der Waals surface area contributed by atoms with E-state index >= 15 is 0 Å². The first-order valence-corrected chi connectivity index (χ1v) is 8.42. The molecule has 0 spiro atoms. The summed E-state index contributed by atoms with van der Waals surface area (Å²) >= 11 is 0. The number of rotatable bonds is 6. The molecule has 1 unspecified atom stereocenters. The molecule has 1 atom stereocenters. The van der Waals surface area contributed by atoms with Crippen LogP contribution in [-0.4, -0.2) is 50.0 Å². The number of aromatic nitrogens is 2. The highest BCUT2D eigenvalue weighted by Gasteiger charge is 2.22. The van der Waals surface area contributed by atoms with E-state index in [2.05, 4.69) is 15.5 Å². The van der Waals surface area contributed by atoms with Crippen molar-refractivity contribution in [1.29, 1.82) is 0 Å². The Bertz CT molecular complexity index is 795. The molecule has 10 heteroatoms. The van der Waals surface area contributed by atoms with Gasteiger partial charge >= 0.3 is 0 Å². The Labute approximate surface area is 146 Å². The zero-order valence-electron chi connectivity index (χ0n) is 13.8. The van der Waals surface area contributed by atoms with Crippen molar-refractivity contribution in [2.75, 3.05) is 21.1 Å². The van der Waals surface area contributed by atoms with Gasteiger partial charge in [0.05, 0.1) is 10.5 Å². The number of nitrogens with one attached hydrogen (secondary N) is 1. The van der Waals surface area contributed by atoms with E-state index in [0.717, 1.165) is 10.4 Å². The lowest BCUT2D eigenvalue weighted by atomic mass is 10.2. The Hall–Kier alpha value is -1.55. The van der Waals surface area contributed by atoms with E-state index < -0.39 is 15.8 Å². The van der Waals surface area contributed by atoms with Gasteiger partial charge in [-0.2, -0.15) is 4.98 Å². The molecule has 1 N–H and O–H groups in total. The third-order valence-electron chi connectivity index (χ3n) is 3.40. The summed E-state index contributed by atoms with van der Waals surface area (Å²) in [5, 5.41) is 6.83. The highest BCUT2D eigenvalue weighted by Crippen LogP contribution is 2.25. The summed E-state index contributed by atoms with van der Waals surface area (Å²) in [5.74, 6) is -0.252. The molecule has 0 amide bonds. The van der Waals surface area contributed by atoms with E-state index in [1.165, 1.54) is 26.2 Å². The fourth-order valence-corrected chi connectivity index (χ4v) is 2.79. The third kappa shape index (κ3) is 4.29. The number of halogens is 2. The Kier molecular flexibility index (Phi) is 6.85. The number of nitrogens with zero attached hydrogens (tertiary/aromatic N) is 3. The first kappa shape index (κ1) is 20.5. The molecule has 0 saturated carbocycles. The van der Waals surface area contributed by atoms with Crippen molar-refractivity contribution in [2.24, 2.45) is 0 Å². The number of hydrogen-bond donors (Lipinski definition) is 1. The fourth-order valence-electron chi connectivity index (χ4n) is 1.86. The lowest BCUT2D eigenvalue weighted by Crippen LogP contribution is -2.24. The highest BCUT2D eigenvalue weighted by molar-refractivity contribution is 7.89. The molecule has 0 fully saturated rings. The van der Waals surface area contributed by atoms with Crippen LogP contribution in [0, 0.1) is 5.82 Å². The average Bonchev–Trinajstić information content (AvgIpc) is 2.95. The predicted molar refractivity (Wildman–Crippen MR) is 90.0 cm³/mol. The second-order valence-corrected chi connectivity index (χ2v) is 7.49. The lowest BCUT2D eigenvalue weighted by molar-refractivity contribution is 0.416. The largest absolute Gasteiger partial charge is 0.334 e. The number of benzene rings is 1. The molecule has 0 aliphatic carbocycles. The maximum atomic E-state index is 14.0. The minimum atomic E-state index is -3.67. The summed E-state index contributed by atoms with van der Waals surface area (Å²) in [7, 11) is 0.943. The molecule has 2 rings (SSSR count). The molecule has 0 radical (unpaired) electrons. The van der Waals surface area contributed by atoms with Gasteiger partial charge in [-0.3, -0.25) is 0 Å². The summed E-state index contributed by atoms with van der Waals surface area (Å²) in [6, 6.07) is 3.61. The van der Waals surface area contributed by atoms with Crippen LogP contribution in [0.2, 0.25) is 0 Å². The van der Waals surface area contributed by atoms with Crippen LogP contribution >= 0.6 is 12.4 Å². The fraction of sp³-hybridized carbons (Fsp3) is 0.429. The van der Waals surface area contributed by atoms with Crippen LogP contribution in [0.15, 0.2) is 27.6 Å². The summed E-state index contributed by atoms with van der Waals surface area (Å²) in [6.45, 7) is 1.95. The first-order chi connectivity index (χ1) is 10.8. The maximum absolute atomic E-state index is 14.0. The number of hydrogen-bond acceptors (Lipinski definition) is 6. The Morgan fingerprint density at radius 1 is 1.38 bits per heavy atom. The van der Waals surface area contributed by atoms with Crippen LogP contribution in [0.5, 0.6) is 0 Å². The summed E-state index contributed by atoms with van der Waals surface area (Å²) in [4.78, 5) is 4.09. The van der Waals surface area contributed by atoms with Gasteiger partial charge in [0, 0.05) is 26.6 Å². The number of sulfonamides is 1. The van der Waals surface area contributed by atoms with Crippen LogP contribution in [0.3, 0.4) is 0 Å². The Balaban J connectivity index is 0.00000288. The van der Waals surface area contributed by atoms with Gasteiger partial charge in [-0.15, -0.1) is 12.4 Å². The SMILES string of the molecule is CNC(C)Cc1noc(-c2cc(S(=O)(=O)N(C)C)ccc2F)n1.Cl. The molecule has 1 heterocycles. The second-order valence-electron chi connectivity index (χ2n) is 5.34. The van der Waals surface area contributed by atoms with Crippen LogP contribution in [0.1, 0.15) is 12.7 Å². The van der Waals surface area contributed by atoms with Crippen molar-refractivity contribution in [1.82, 2.24) is 19.8 Å². The minimum absolute atomic E-state index is 0. The van der Waals surface area contributed by atoms with E-state index in [-0.39, 0.29) is 34.8 Å². The molecule has 1 aromatic carbocycles. The zero-order chi connectivity index (χ0) is 17.2. The molecular formula is C14H20ClFN4O3S. The van der Waals surface area contributed by atoms with Gasteiger partial charge in [0.2, 0.25) is 10.0 Å². The summed E-state index contributed by atoms with van der Waals surface area (Å²) < 4.78 is 44.4. The van der Waals surface area contributed by atoms with E-state index in [0.29, 0.717) is 12.2 Å². The predicted octanol–water partition coefficient (Wildman–Crippen LogP) is 1.70. The van der Waals surface area contributed by atoms with E-state index in [9.17, 15) is 12.8 Å². The van der Waals surface area contributed by atoms with Gasteiger partial charge in [0.25, 0.3) is 5.89 Å². The van der Waals surface area contributed by atoms with E-state index in [1.807, 2.05) is 6.92 Å². The van der Waals surface area contributed by atoms with E-state index in [1.54, 1.807) is 7.05 Å². The second kappa shape index (κ2) is 8.02. The monoisotopic (exact) mass is 378 g/mol. The van der Waals surface area contributed by atoms with Crippen molar-refractivity contribution < 1.29 is 17.3 Å². The molecule has 24 heavy (non-hydrogen) atoms. The minimum Gasteiger partial charge on any atom is -0.334 e. The molecular weight excluding hydrogens is 359 g/mol. The normalized spacial score (nSPS) is 12.9. The molecule has 2 aromatic rings. The van der Waals surface area contributed by atoms with Crippen LogP contribution in [0.4, 0.5) is 4.39 Å². The molecule has 0 aliphatic heterocycles. The molecule has 0 bridgehead atoms. The van der Waals surface area contributed by atoms with Crippen molar-refractivity contribution in [3.63, 3.8) is 0 Å².